The van der Waals surface area contributed by atoms with Gasteiger partial charge in [0.15, 0.2) is 0 Å². The van der Waals surface area contributed by atoms with E-state index in [9.17, 15) is 9.90 Å². The maximum atomic E-state index is 10.6. The molecule has 1 radical (unpaired) electrons. The molecule has 0 amide bonds. The van der Waals surface area contributed by atoms with E-state index < -0.39 is 5.97 Å². The number of benzene rings is 2. The van der Waals surface area contributed by atoms with Crippen LogP contribution in [0.25, 0.3) is 0 Å². The molecule has 0 N–H and O–H groups in total. The number of carbonyl (C=O) groups excluding carboxylic acids is 1. The van der Waals surface area contributed by atoms with E-state index in [1.807, 2.05) is 18.2 Å². The average Bonchev–Trinajstić information content (AvgIpc) is 2.30. The van der Waals surface area contributed by atoms with Gasteiger partial charge in [-0.1, -0.05) is 24.3 Å². The Labute approximate surface area is 92.9 Å². The summed E-state index contributed by atoms with van der Waals surface area (Å²) in [6.45, 7) is 0. The van der Waals surface area contributed by atoms with Crippen molar-refractivity contribution in [1.82, 2.24) is 0 Å². The summed E-state index contributed by atoms with van der Waals surface area (Å²) in [4.78, 5) is 10.6. The van der Waals surface area contributed by atoms with E-state index in [1.165, 1.54) is 12.1 Å². The second-order valence-corrected chi connectivity index (χ2v) is 3.23. The Bertz CT molecular complexity index is 492. The van der Waals surface area contributed by atoms with Gasteiger partial charge in [-0.3, -0.25) is 0 Å². The summed E-state index contributed by atoms with van der Waals surface area (Å²) in [5.74, 6) is -0.0654. The zero-order valence-corrected chi connectivity index (χ0v) is 8.42. The molecule has 0 aromatic heterocycles. The first-order valence-corrected chi connectivity index (χ1v) is 4.80. The van der Waals surface area contributed by atoms with Crippen molar-refractivity contribution in [3.8, 4) is 11.5 Å². The molecule has 0 heterocycles. The Morgan fingerprint density at radius 3 is 2.25 bits per heavy atom. The number of para-hydroxylation sites is 1. The quantitative estimate of drug-likeness (QED) is 0.786. The zero-order valence-electron chi connectivity index (χ0n) is 8.42. The number of hydrogen-bond acceptors (Lipinski definition) is 2. The highest BCUT2D eigenvalue weighted by Gasteiger charge is 2.06. The predicted octanol–water partition coefficient (Wildman–Crippen LogP) is 3.05. The lowest BCUT2D eigenvalue weighted by molar-refractivity contribution is 0.0573. The molecule has 79 valence electrons. The van der Waals surface area contributed by atoms with E-state index in [4.69, 9.17) is 4.74 Å². The molecular weight excluding hydrogens is 204 g/mol. The molecule has 16 heavy (non-hydrogen) atoms. The summed E-state index contributed by atoms with van der Waals surface area (Å²) in [6, 6.07) is 15.4. The maximum Gasteiger partial charge on any atom is 0.386 e. The van der Waals surface area contributed by atoms with Crippen LogP contribution in [-0.2, 0) is 5.11 Å². The Morgan fingerprint density at radius 1 is 0.875 bits per heavy atom. The van der Waals surface area contributed by atoms with Crippen LogP contribution in [0.3, 0.4) is 0 Å². The number of rotatable bonds is 3. The molecule has 0 saturated carbocycles. The molecule has 0 aliphatic heterocycles. The molecule has 0 spiro atoms. The minimum Gasteiger partial charge on any atom is -0.457 e. The SMILES string of the molecule is [O]C(=O)c1cccc(Oc2ccccc2)c1. The van der Waals surface area contributed by atoms with Crippen LogP contribution in [0.2, 0.25) is 0 Å². The first-order chi connectivity index (χ1) is 7.75. The van der Waals surface area contributed by atoms with Crippen molar-refractivity contribution >= 4 is 5.97 Å². The monoisotopic (exact) mass is 213 g/mol. The van der Waals surface area contributed by atoms with Crippen LogP contribution < -0.4 is 4.74 Å². The molecule has 0 atom stereocenters. The third-order valence-corrected chi connectivity index (χ3v) is 2.05. The fourth-order valence-corrected chi connectivity index (χ4v) is 1.31. The lowest BCUT2D eigenvalue weighted by Gasteiger charge is -2.05. The van der Waals surface area contributed by atoms with Gasteiger partial charge in [0.1, 0.15) is 11.5 Å². The first kappa shape index (κ1) is 10.2. The van der Waals surface area contributed by atoms with Gasteiger partial charge in [-0.05, 0) is 30.3 Å². The molecule has 0 bridgehead atoms. The van der Waals surface area contributed by atoms with Crippen LogP contribution in [0.4, 0.5) is 0 Å². The lowest BCUT2D eigenvalue weighted by Crippen LogP contribution is -1.94. The normalized spacial score (nSPS) is 9.75. The van der Waals surface area contributed by atoms with Gasteiger partial charge in [0.2, 0.25) is 0 Å². The van der Waals surface area contributed by atoms with E-state index in [-0.39, 0.29) is 5.56 Å². The lowest BCUT2D eigenvalue weighted by atomic mass is 10.2. The van der Waals surface area contributed by atoms with Crippen LogP contribution in [0.15, 0.2) is 54.6 Å². The fraction of sp³-hybridized carbons (Fsp3) is 0. The summed E-state index contributed by atoms with van der Waals surface area (Å²) in [6.07, 6.45) is 0. The predicted molar refractivity (Wildman–Crippen MR) is 58.0 cm³/mol. The Kier molecular flexibility index (Phi) is 2.87. The van der Waals surface area contributed by atoms with Gasteiger partial charge in [-0.2, -0.15) is 0 Å². The van der Waals surface area contributed by atoms with Crippen molar-refractivity contribution in [3.05, 3.63) is 60.2 Å². The molecule has 0 aliphatic rings. The van der Waals surface area contributed by atoms with Crippen molar-refractivity contribution in [2.45, 2.75) is 0 Å². The number of hydrogen-bond donors (Lipinski definition) is 0. The molecule has 2 aromatic carbocycles. The van der Waals surface area contributed by atoms with Crippen molar-refractivity contribution < 1.29 is 14.6 Å². The summed E-state index contributed by atoms with van der Waals surface area (Å²) in [7, 11) is 0. The third kappa shape index (κ3) is 2.39. The Morgan fingerprint density at radius 2 is 1.56 bits per heavy atom. The van der Waals surface area contributed by atoms with Crippen LogP contribution in [0, 0.1) is 0 Å². The zero-order chi connectivity index (χ0) is 11.4. The minimum absolute atomic E-state index is 0.105. The van der Waals surface area contributed by atoms with E-state index in [2.05, 4.69) is 0 Å². The highest BCUT2D eigenvalue weighted by atomic mass is 16.5. The smallest absolute Gasteiger partial charge is 0.386 e. The summed E-state index contributed by atoms with van der Waals surface area (Å²) in [5, 5.41) is 10.6. The fourth-order valence-electron chi connectivity index (χ4n) is 1.31. The summed E-state index contributed by atoms with van der Waals surface area (Å²) >= 11 is 0. The third-order valence-electron chi connectivity index (χ3n) is 2.05. The molecular formula is C13H9O3. The van der Waals surface area contributed by atoms with Crippen molar-refractivity contribution in [2.75, 3.05) is 0 Å². The van der Waals surface area contributed by atoms with Crippen molar-refractivity contribution in [3.63, 3.8) is 0 Å². The molecule has 2 rings (SSSR count). The van der Waals surface area contributed by atoms with E-state index in [0.717, 1.165) is 0 Å². The highest BCUT2D eigenvalue weighted by molar-refractivity contribution is 5.87. The van der Waals surface area contributed by atoms with Crippen LogP contribution >= 0.6 is 0 Å². The topological polar surface area (TPSA) is 46.2 Å². The molecule has 2 aromatic rings. The minimum atomic E-state index is -1.21. The van der Waals surface area contributed by atoms with Crippen molar-refractivity contribution in [1.29, 1.82) is 0 Å². The molecule has 0 fully saturated rings. The van der Waals surface area contributed by atoms with Crippen LogP contribution in [0.5, 0.6) is 11.5 Å². The van der Waals surface area contributed by atoms with Gasteiger partial charge in [0, 0.05) is 0 Å². The van der Waals surface area contributed by atoms with Gasteiger partial charge in [-0.15, -0.1) is 0 Å². The van der Waals surface area contributed by atoms with Gasteiger partial charge < -0.3 is 4.74 Å². The van der Waals surface area contributed by atoms with Crippen molar-refractivity contribution in [2.24, 2.45) is 0 Å². The molecule has 3 nitrogen and oxygen atoms in total. The van der Waals surface area contributed by atoms with Gasteiger partial charge >= 0.3 is 5.97 Å². The standard InChI is InChI=1S/C13H9O3/c14-13(15)10-5-4-8-12(9-10)16-11-6-2-1-3-7-11/h1-9H. The number of ether oxygens (including phenoxy) is 1. The first-order valence-electron chi connectivity index (χ1n) is 4.80. The molecule has 0 aliphatic carbocycles. The maximum absolute atomic E-state index is 10.6. The second-order valence-electron chi connectivity index (χ2n) is 3.23. The van der Waals surface area contributed by atoms with Crippen LogP contribution in [0.1, 0.15) is 10.4 Å². The van der Waals surface area contributed by atoms with E-state index >= 15 is 0 Å². The van der Waals surface area contributed by atoms with Crippen LogP contribution in [-0.4, -0.2) is 5.97 Å². The molecule has 0 unspecified atom stereocenters. The molecule has 0 saturated heterocycles. The number of carbonyl (C=O) groups is 1. The Balaban J connectivity index is 2.22. The van der Waals surface area contributed by atoms with E-state index in [0.29, 0.717) is 11.5 Å². The van der Waals surface area contributed by atoms with E-state index in [1.54, 1.807) is 24.3 Å². The largest absolute Gasteiger partial charge is 0.457 e. The van der Waals surface area contributed by atoms with Gasteiger partial charge in [0.25, 0.3) is 0 Å². The van der Waals surface area contributed by atoms with Gasteiger partial charge in [-0.25, -0.2) is 9.90 Å². The van der Waals surface area contributed by atoms with Gasteiger partial charge in [0.05, 0.1) is 5.56 Å². The Hall–Kier alpha value is -2.29. The summed E-state index contributed by atoms with van der Waals surface area (Å²) < 4.78 is 5.48. The average molecular weight is 213 g/mol. The second kappa shape index (κ2) is 4.49. The highest BCUT2D eigenvalue weighted by Crippen LogP contribution is 2.21. The molecule has 3 heteroatoms. The summed E-state index contributed by atoms with van der Waals surface area (Å²) in [5.41, 5.74) is 0.105.